The van der Waals surface area contributed by atoms with E-state index in [1.165, 1.54) is 11.3 Å². The number of anilines is 1. The third-order valence-electron chi connectivity index (χ3n) is 1.84. The molecule has 0 unspecified atom stereocenters. The average molecular weight is 181 g/mol. The maximum absolute atomic E-state index is 2.40. The van der Waals surface area contributed by atoms with Crippen molar-refractivity contribution in [2.45, 2.75) is 13.3 Å². The first kappa shape index (κ1) is 8.55. The van der Waals surface area contributed by atoms with Gasteiger partial charge in [0.25, 0.3) is 0 Å². The zero-order valence-electron chi connectivity index (χ0n) is 7.46. The Bertz CT molecular complexity index is 235. The lowest BCUT2D eigenvalue weighted by atomic mass is 10.1. The molecule has 0 fully saturated rings. The van der Waals surface area contributed by atoms with Crippen molar-refractivity contribution in [1.29, 1.82) is 0 Å². The molecule has 60 valence electrons. The van der Waals surface area contributed by atoms with Gasteiger partial charge in [-0.25, -0.2) is 0 Å². The predicted octanol–water partition coefficient (Wildman–Crippen LogP) is -0.384. The molecule has 0 aliphatic rings. The van der Waals surface area contributed by atoms with Crippen molar-refractivity contribution in [2.75, 3.05) is 4.23 Å². The smallest absolute Gasteiger partial charge is 0.0965 e. The summed E-state index contributed by atoms with van der Waals surface area (Å²) in [7, 11) is 2.30. The van der Waals surface area contributed by atoms with Gasteiger partial charge in [0.15, 0.2) is 0 Å². The molecular weight excluding hydrogens is 166 g/mol. The molecule has 0 heterocycles. The van der Waals surface area contributed by atoms with Gasteiger partial charge in [0.2, 0.25) is 0 Å². The van der Waals surface area contributed by atoms with Gasteiger partial charge in [-0.1, -0.05) is 19.1 Å². The fraction of sp³-hybridized carbons (Fsp3) is 0.250. The molecule has 0 atom stereocenters. The van der Waals surface area contributed by atoms with E-state index in [9.17, 15) is 0 Å². The van der Waals surface area contributed by atoms with Crippen molar-refractivity contribution in [3.63, 3.8) is 0 Å². The molecule has 0 spiro atoms. The van der Waals surface area contributed by atoms with Gasteiger partial charge in [0.05, 0.1) is 20.8 Å². The van der Waals surface area contributed by atoms with Crippen molar-refractivity contribution >= 4 is 26.5 Å². The van der Waals surface area contributed by atoms with Gasteiger partial charge in [0, 0.05) is 5.69 Å². The molecular formula is C8H15NSi2. The zero-order valence-corrected chi connectivity index (χ0v) is 11.5. The second-order valence-corrected chi connectivity index (χ2v) is 7.39. The van der Waals surface area contributed by atoms with Crippen LogP contribution in [0.2, 0.25) is 0 Å². The summed E-state index contributed by atoms with van der Waals surface area (Å²) in [5.41, 5.74) is 2.85. The molecule has 0 radical (unpaired) electrons. The van der Waals surface area contributed by atoms with Crippen LogP contribution >= 0.6 is 0 Å². The third kappa shape index (κ3) is 2.20. The third-order valence-corrected chi connectivity index (χ3v) is 2.87. The molecule has 0 aliphatic carbocycles. The van der Waals surface area contributed by atoms with Crippen molar-refractivity contribution < 1.29 is 0 Å². The van der Waals surface area contributed by atoms with E-state index >= 15 is 0 Å². The molecule has 0 aliphatic heterocycles. The van der Waals surface area contributed by atoms with E-state index in [0.717, 1.165) is 27.2 Å². The van der Waals surface area contributed by atoms with Crippen LogP contribution in [-0.2, 0) is 6.42 Å². The first-order chi connectivity index (χ1) is 5.24. The molecule has 1 aromatic carbocycles. The van der Waals surface area contributed by atoms with Crippen molar-refractivity contribution in [3.05, 3.63) is 29.8 Å². The van der Waals surface area contributed by atoms with E-state index in [1.807, 2.05) is 0 Å². The molecule has 11 heavy (non-hydrogen) atoms. The molecule has 0 saturated carbocycles. The lowest BCUT2D eigenvalue weighted by Gasteiger charge is -2.13. The van der Waals surface area contributed by atoms with E-state index < -0.39 is 0 Å². The first-order valence-corrected chi connectivity index (χ1v) is 5.79. The Morgan fingerprint density at radius 2 is 2.09 bits per heavy atom. The highest BCUT2D eigenvalue weighted by Gasteiger charge is 1.93. The number of aryl methyl sites for hydroxylation is 1. The van der Waals surface area contributed by atoms with Crippen LogP contribution in [0.25, 0.3) is 0 Å². The summed E-state index contributed by atoms with van der Waals surface area (Å²) in [4.78, 5) is 0. The van der Waals surface area contributed by atoms with Crippen LogP contribution in [0.1, 0.15) is 12.5 Å². The highest BCUT2D eigenvalue weighted by Crippen LogP contribution is 2.12. The maximum atomic E-state index is 2.40. The van der Waals surface area contributed by atoms with Crippen molar-refractivity contribution in [2.24, 2.45) is 0 Å². The monoisotopic (exact) mass is 181 g/mol. The normalized spacial score (nSPS) is 10.3. The minimum atomic E-state index is 1.14. The number of rotatable bonds is 2. The van der Waals surface area contributed by atoms with E-state index in [0.29, 0.717) is 0 Å². The van der Waals surface area contributed by atoms with Crippen LogP contribution in [0.4, 0.5) is 5.69 Å². The lowest BCUT2D eigenvalue weighted by molar-refractivity contribution is 1.14. The maximum Gasteiger partial charge on any atom is 0.0965 e. The molecule has 1 rings (SSSR count). The summed E-state index contributed by atoms with van der Waals surface area (Å²) in [5, 5.41) is 0. The average Bonchev–Trinajstić information content (AvgIpc) is 2.05. The van der Waals surface area contributed by atoms with Gasteiger partial charge < -0.3 is 4.23 Å². The molecule has 0 saturated heterocycles. The number of nitrogens with zero attached hydrogens (tertiary/aromatic N) is 1. The Morgan fingerprint density at radius 1 is 1.36 bits per heavy atom. The highest BCUT2D eigenvalue weighted by molar-refractivity contribution is 6.41. The molecule has 3 heteroatoms. The van der Waals surface area contributed by atoms with E-state index in [4.69, 9.17) is 0 Å². The zero-order chi connectivity index (χ0) is 8.27. The van der Waals surface area contributed by atoms with E-state index in [1.54, 1.807) is 0 Å². The quantitative estimate of drug-likeness (QED) is 0.562. The van der Waals surface area contributed by atoms with Gasteiger partial charge >= 0.3 is 0 Å². The standard InChI is InChI=1S/C8H15NSi2/c1-2-7-4-3-5-8(6-7)9(10)11/h3-6H,2H2,1,10-11H3. The molecule has 1 aromatic rings. The van der Waals surface area contributed by atoms with Gasteiger partial charge in [-0.15, -0.1) is 0 Å². The van der Waals surface area contributed by atoms with Crippen LogP contribution in [0.15, 0.2) is 24.3 Å². The number of benzene rings is 1. The van der Waals surface area contributed by atoms with E-state index in [-0.39, 0.29) is 0 Å². The van der Waals surface area contributed by atoms with Gasteiger partial charge in [0.1, 0.15) is 0 Å². The van der Waals surface area contributed by atoms with Crippen LogP contribution < -0.4 is 4.23 Å². The Kier molecular flexibility index (Phi) is 2.90. The Hall–Kier alpha value is -0.546. The minimum absolute atomic E-state index is 1.14. The Morgan fingerprint density at radius 3 is 2.64 bits per heavy atom. The SMILES string of the molecule is CCc1cccc(N([SiH3])[SiH3])c1. The molecule has 0 N–H and O–H groups in total. The molecule has 0 bridgehead atoms. The predicted molar refractivity (Wildman–Crippen MR) is 58.2 cm³/mol. The summed E-state index contributed by atoms with van der Waals surface area (Å²) in [6, 6.07) is 8.83. The Balaban J connectivity index is 2.91. The summed E-state index contributed by atoms with van der Waals surface area (Å²) in [6.07, 6.45) is 1.14. The second kappa shape index (κ2) is 3.73. The fourth-order valence-electron chi connectivity index (χ4n) is 1.05. The topological polar surface area (TPSA) is 3.24 Å². The first-order valence-electron chi connectivity index (χ1n) is 4.00. The Labute approximate surface area is 74.4 Å². The second-order valence-electron chi connectivity index (χ2n) is 2.92. The van der Waals surface area contributed by atoms with Crippen LogP contribution in [-0.4, -0.2) is 20.8 Å². The molecule has 0 aromatic heterocycles. The van der Waals surface area contributed by atoms with E-state index in [2.05, 4.69) is 35.4 Å². The van der Waals surface area contributed by atoms with Crippen molar-refractivity contribution in [1.82, 2.24) is 0 Å². The highest BCUT2D eigenvalue weighted by atomic mass is 28.2. The van der Waals surface area contributed by atoms with Crippen molar-refractivity contribution in [3.8, 4) is 0 Å². The van der Waals surface area contributed by atoms with Gasteiger partial charge in [-0.05, 0) is 24.1 Å². The number of hydrogen-bond donors (Lipinski definition) is 0. The molecule has 1 nitrogen and oxygen atoms in total. The lowest BCUT2D eigenvalue weighted by Crippen LogP contribution is -2.13. The summed E-state index contributed by atoms with van der Waals surface area (Å²) in [6.45, 7) is 2.20. The molecule has 0 amide bonds. The van der Waals surface area contributed by atoms with Gasteiger partial charge in [-0.2, -0.15) is 0 Å². The summed E-state index contributed by atoms with van der Waals surface area (Å²) < 4.78 is 2.40. The number of hydrogen-bond acceptors (Lipinski definition) is 1. The van der Waals surface area contributed by atoms with Gasteiger partial charge in [-0.3, -0.25) is 0 Å². The van der Waals surface area contributed by atoms with Crippen LogP contribution in [0.3, 0.4) is 0 Å². The van der Waals surface area contributed by atoms with Crippen LogP contribution in [0.5, 0.6) is 0 Å². The summed E-state index contributed by atoms with van der Waals surface area (Å²) in [5.74, 6) is 0. The summed E-state index contributed by atoms with van der Waals surface area (Å²) >= 11 is 0. The fourth-order valence-corrected chi connectivity index (χ4v) is 1.61. The van der Waals surface area contributed by atoms with Crippen LogP contribution in [0, 0.1) is 0 Å². The largest absolute Gasteiger partial charge is 0.439 e. The minimum Gasteiger partial charge on any atom is -0.439 e.